The molecule has 1 aliphatic heterocycles. The number of thiazole rings is 1. The summed E-state index contributed by atoms with van der Waals surface area (Å²) < 4.78 is 5.82. The minimum Gasteiger partial charge on any atom is -0.378 e. The number of carbonyl (C=O) groups excluding carboxylic acids is 1. The lowest BCUT2D eigenvalue weighted by molar-refractivity contribution is 0.0503. The van der Waals surface area contributed by atoms with Gasteiger partial charge in [-0.25, -0.2) is 4.98 Å². The molecule has 31 heavy (non-hydrogen) atoms. The molecule has 162 valence electrons. The molecular formula is C25H29N3O2S. The Balaban J connectivity index is 1.49. The summed E-state index contributed by atoms with van der Waals surface area (Å²) in [5.41, 5.74) is 3.98. The van der Waals surface area contributed by atoms with Crippen molar-refractivity contribution in [2.45, 2.75) is 31.9 Å². The molecule has 0 radical (unpaired) electrons. The van der Waals surface area contributed by atoms with Gasteiger partial charge in [0.25, 0.3) is 5.91 Å². The quantitative estimate of drug-likeness (QED) is 0.518. The summed E-state index contributed by atoms with van der Waals surface area (Å²) in [5.74, 6) is -0.0252. The van der Waals surface area contributed by atoms with Crippen LogP contribution >= 0.6 is 11.3 Å². The molecule has 1 atom stereocenters. The van der Waals surface area contributed by atoms with Crippen LogP contribution in [0, 0.1) is 0 Å². The summed E-state index contributed by atoms with van der Waals surface area (Å²) in [6.07, 6.45) is 2.91. The van der Waals surface area contributed by atoms with Crippen molar-refractivity contribution in [1.82, 2.24) is 9.88 Å². The lowest BCUT2D eigenvalue weighted by atomic mass is 10.1. The SMILES string of the molecule is CN(C)c1ccc(CN(CC2CCCO2)C(=O)c2csc(Cc3ccccc3)n2)cc1. The fraction of sp³-hybridized carbons (Fsp3) is 0.360. The van der Waals surface area contributed by atoms with Crippen molar-refractivity contribution in [1.29, 1.82) is 0 Å². The van der Waals surface area contributed by atoms with Gasteiger partial charge < -0.3 is 14.5 Å². The molecular weight excluding hydrogens is 406 g/mol. The Bertz CT molecular complexity index is 980. The molecule has 1 amide bonds. The zero-order valence-electron chi connectivity index (χ0n) is 18.2. The van der Waals surface area contributed by atoms with Gasteiger partial charge in [0.2, 0.25) is 0 Å². The summed E-state index contributed by atoms with van der Waals surface area (Å²) in [6.45, 7) is 1.93. The van der Waals surface area contributed by atoms with Crippen molar-refractivity contribution < 1.29 is 9.53 Å². The van der Waals surface area contributed by atoms with Crippen LogP contribution in [0.25, 0.3) is 0 Å². The van der Waals surface area contributed by atoms with Crippen LogP contribution in [0.4, 0.5) is 5.69 Å². The number of aromatic nitrogens is 1. The van der Waals surface area contributed by atoms with Crippen LogP contribution in [0.1, 0.15) is 39.5 Å². The highest BCUT2D eigenvalue weighted by Gasteiger charge is 2.25. The van der Waals surface area contributed by atoms with E-state index in [1.807, 2.05) is 42.6 Å². The van der Waals surface area contributed by atoms with Crippen LogP contribution < -0.4 is 4.90 Å². The lowest BCUT2D eigenvalue weighted by Gasteiger charge is -2.25. The molecule has 1 fully saturated rings. The van der Waals surface area contributed by atoms with Gasteiger partial charge in [0, 0.05) is 51.3 Å². The van der Waals surface area contributed by atoms with Gasteiger partial charge in [0.15, 0.2) is 0 Å². The molecule has 1 aliphatic rings. The van der Waals surface area contributed by atoms with Crippen molar-refractivity contribution in [2.24, 2.45) is 0 Å². The maximum Gasteiger partial charge on any atom is 0.273 e. The molecule has 1 saturated heterocycles. The highest BCUT2D eigenvalue weighted by atomic mass is 32.1. The third kappa shape index (κ3) is 5.71. The Hall–Kier alpha value is -2.70. The zero-order chi connectivity index (χ0) is 21.6. The van der Waals surface area contributed by atoms with Crippen molar-refractivity contribution >= 4 is 22.9 Å². The maximum atomic E-state index is 13.4. The molecule has 0 N–H and O–H groups in total. The number of amides is 1. The number of rotatable bonds is 8. The minimum absolute atomic E-state index is 0.0252. The van der Waals surface area contributed by atoms with Gasteiger partial charge in [-0.2, -0.15) is 0 Å². The van der Waals surface area contributed by atoms with Crippen LogP contribution in [0.5, 0.6) is 0 Å². The highest BCUT2D eigenvalue weighted by Crippen LogP contribution is 2.21. The zero-order valence-corrected chi connectivity index (χ0v) is 19.0. The Morgan fingerprint density at radius 1 is 1.10 bits per heavy atom. The highest BCUT2D eigenvalue weighted by molar-refractivity contribution is 7.09. The van der Waals surface area contributed by atoms with Crippen LogP contribution in [-0.4, -0.2) is 49.1 Å². The number of hydrogen-bond donors (Lipinski definition) is 0. The Labute approximate surface area is 188 Å². The predicted octanol–water partition coefficient (Wildman–Crippen LogP) is 4.62. The molecule has 0 spiro atoms. The minimum atomic E-state index is -0.0252. The monoisotopic (exact) mass is 435 g/mol. The Kier molecular flexibility index (Phi) is 6.99. The summed E-state index contributed by atoms with van der Waals surface area (Å²) >= 11 is 1.55. The van der Waals surface area contributed by atoms with E-state index in [4.69, 9.17) is 4.74 Å². The summed E-state index contributed by atoms with van der Waals surface area (Å²) in [7, 11) is 4.05. The smallest absolute Gasteiger partial charge is 0.273 e. The Morgan fingerprint density at radius 3 is 2.55 bits per heavy atom. The molecule has 6 heteroatoms. The molecule has 0 aliphatic carbocycles. The first-order valence-corrected chi connectivity index (χ1v) is 11.6. The standard InChI is InChI=1S/C25H29N3O2S/c1-27(2)21-12-10-20(11-13-21)16-28(17-22-9-6-14-30-22)25(29)23-18-31-24(26-23)15-19-7-4-3-5-8-19/h3-5,7-8,10-13,18,22H,6,9,14-17H2,1-2H3. The van der Waals surface area contributed by atoms with Crippen molar-refractivity contribution in [3.05, 3.63) is 81.8 Å². The second-order valence-corrected chi connectivity index (χ2v) is 9.11. The molecule has 2 aromatic carbocycles. The van der Waals surface area contributed by atoms with Gasteiger partial charge in [0.1, 0.15) is 5.69 Å². The molecule has 1 unspecified atom stereocenters. The summed E-state index contributed by atoms with van der Waals surface area (Å²) in [4.78, 5) is 22.0. The van der Waals surface area contributed by atoms with Gasteiger partial charge in [-0.05, 0) is 36.1 Å². The normalized spacial score (nSPS) is 15.7. The number of nitrogens with zero attached hydrogens (tertiary/aromatic N) is 3. The van der Waals surface area contributed by atoms with E-state index in [-0.39, 0.29) is 12.0 Å². The average Bonchev–Trinajstić information content (AvgIpc) is 3.46. The number of hydrogen-bond acceptors (Lipinski definition) is 5. The van der Waals surface area contributed by atoms with Crippen molar-refractivity contribution in [3.63, 3.8) is 0 Å². The number of benzene rings is 2. The second kappa shape index (κ2) is 10.1. The number of anilines is 1. The first-order valence-electron chi connectivity index (χ1n) is 10.7. The van der Waals surface area contributed by atoms with E-state index in [0.29, 0.717) is 18.8 Å². The first kappa shape index (κ1) is 21.5. The number of ether oxygens (including phenoxy) is 1. The van der Waals surface area contributed by atoms with E-state index in [0.717, 1.165) is 42.1 Å². The fourth-order valence-corrected chi connectivity index (χ4v) is 4.60. The van der Waals surface area contributed by atoms with Gasteiger partial charge in [-0.3, -0.25) is 4.79 Å². The van der Waals surface area contributed by atoms with Crippen LogP contribution in [-0.2, 0) is 17.7 Å². The van der Waals surface area contributed by atoms with Crippen molar-refractivity contribution in [2.75, 3.05) is 32.1 Å². The van der Waals surface area contributed by atoms with Gasteiger partial charge >= 0.3 is 0 Å². The summed E-state index contributed by atoms with van der Waals surface area (Å²) in [6, 6.07) is 18.6. The van der Waals surface area contributed by atoms with Gasteiger partial charge in [-0.15, -0.1) is 11.3 Å². The maximum absolute atomic E-state index is 13.4. The second-order valence-electron chi connectivity index (χ2n) is 8.17. The fourth-order valence-electron chi connectivity index (χ4n) is 3.80. The predicted molar refractivity (Wildman–Crippen MR) is 126 cm³/mol. The Morgan fingerprint density at radius 2 is 1.87 bits per heavy atom. The molecule has 0 saturated carbocycles. The largest absolute Gasteiger partial charge is 0.378 e. The van der Waals surface area contributed by atoms with Crippen LogP contribution in [0.3, 0.4) is 0 Å². The van der Waals surface area contributed by atoms with Crippen LogP contribution in [0.15, 0.2) is 60.0 Å². The first-order chi connectivity index (χ1) is 15.1. The van der Waals surface area contributed by atoms with E-state index in [1.54, 1.807) is 11.3 Å². The van der Waals surface area contributed by atoms with E-state index in [2.05, 4.69) is 46.3 Å². The molecule has 3 aromatic rings. The van der Waals surface area contributed by atoms with Gasteiger partial charge in [-0.1, -0.05) is 42.5 Å². The van der Waals surface area contributed by atoms with E-state index >= 15 is 0 Å². The topological polar surface area (TPSA) is 45.7 Å². The third-order valence-corrected chi connectivity index (χ3v) is 6.38. The van der Waals surface area contributed by atoms with E-state index in [9.17, 15) is 4.79 Å². The summed E-state index contributed by atoms with van der Waals surface area (Å²) in [5, 5.41) is 2.85. The average molecular weight is 436 g/mol. The molecule has 1 aromatic heterocycles. The van der Waals surface area contributed by atoms with Crippen molar-refractivity contribution in [3.8, 4) is 0 Å². The van der Waals surface area contributed by atoms with Gasteiger partial charge in [0.05, 0.1) is 11.1 Å². The molecule has 4 rings (SSSR count). The third-order valence-electron chi connectivity index (χ3n) is 5.53. The lowest BCUT2D eigenvalue weighted by Crippen LogP contribution is -2.37. The molecule has 2 heterocycles. The van der Waals surface area contributed by atoms with E-state index in [1.165, 1.54) is 5.56 Å². The number of carbonyl (C=O) groups is 1. The molecule has 5 nitrogen and oxygen atoms in total. The molecule has 0 bridgehead atoms. The van der Waals surface area contributed by atoms with Crippen LogP contribution in [0.2, 0.25) is 0 Å². The van der Waals surface area contributed by atoms with E-state index < -0.39 is 0 Å².